The van der Waals surface area contributed by atoms with Gasteiger partial charge in [0.05, 0.1) is 12.1 Å². The number of benzene rings is 1. The number of hydrogen-bond acceptors (Lipinski definition) is 2. The van der Waals surface area contributed by atoms with E-state index in [9.17, 15) is 0 Å². The summed E-state index contributed by atoms with van der Waals surface area (Å²) in [6.45, 7) is 5.17. The molecule has 0 spiro atoms. The fraction of sp³-hybridized carbons (Fsp3) is 0.308. The summed E-state index contributed by atoms with van der Waals surface area (Å²) in [5.41, 5.74) is 5.05. The third-order valence-electron chi connectivity index (χ3n) is 3.08. The first-order valence-electron chi connectivity index (χ1n) is 5.24. The molecule has 2 heterocycles. The second kappa shape index (κ2) is 3.04. The Bertz CT molecular complexity index is 529. The fourth-order valence-corrected chi connectivity index (χ4v) is 2.28. The summed E-state index contributed by atoms with van der Waals surface area (Å²) in [5.74, 6) is 0. The lowest BCUT2D eigenvalue weighted by Crippen LogP contribution is -1.94. The predicted molar refractivity (Wildman–Crippen MR) is 59.9 cm³/mol. The molecule has 1 aliphatic heterocycles. The minimum Gasteiger partial charge on any atom is -0.368 e. The highest BCUT2D eigenvalue weighted by Crippen LogP contribution is 2.37. The number of nitrogens with zero attached hydrogens (tertiary/aromatic N) is 1. The Morgan fingerprint density at radius 1 is 1.40 bits per heavy atom. The number of pyridine rings is 1. The third-order valence-corrected chi connectivity index (χ3v) is 3.08. The van der Waals surface area contributed by atoms with Gasteiger partial charge in [0.15, 0.2) is 0 Å². The lowest BCUT2D eigenvalue weighted by atomic mass is 9.96. The van der Waals surface area contributed by atoms with E-state index in [2.05, 4.69) is 31.0 Å². The summed E-state index contributed by atoms with van der Waals surface area (Å²) in [4.78, 5) is 4.38. The van der Waals surface area contributed by atoms with Gasteiger partial charge in [0.2, 0.25) is 0 Å². The van der Waals surface area contributed by atoms with Gasteiger partial charge in [-0.05, 0) is 42.7 Å². The zero-order valence-electron chi connectivity index (χ0n) is 8.95. The van der Waals surface area contributed by atoms with Crippen LogP contribution in [0.25, 0.3) is 10.9 Å². The van der Waals surface area contributed by atoms with Crippen LogP contribution in [-0.4, -0.2) is 11.6 Å². The average Bonchev–Trinajstić information content (AvgIpc) is 3.02. The van der Waals surface area contributed by atoms with Crippen molar-refractivity contribution >= 4 is 10.9 Å². The van der Waals surface area contributed by atoms with Gasteiger partial charge < -0.3 is 4.74 Å². The highest BCUT2D eigenvalue weighted by atomic mass is 16.6. The molecule has 0 bridgehead atoms. The van der Waals surface area contributed by atoms with E-state index in [0.717, 1.165) is 12.1 Å². The van der Waals surface area contributed by atoms with E-state index in [1.165, 1.54) is 22.1 Å². The number of aromatic nitrogens is 1. The van der Waals surface area contributed by atoms with Crippen LogP contribution in [0.5, 0.6) is 0 Å². The Kier molecular flexibility index (Phi) is 1.80. The van der Waals surface area contributed by atoms with Gasteiger partial charge in [0.1, 0.15) is 6.10 Å². The van der Waals surface area contributed by atoms with Crippen molar-refractivity contribution in [1.29, 1.82) is 0 Å². The first-order chi connectivity index (χ1) is 7.27. The van der Waals surface area contributed by atoms with Gasteiger partial charge in [-0.1, -0.05) is 6.07 Å². The van der Waals surface area contributed by atoms with Gasteiger partial charge in [-0.25, -0.2) is 0 Å². The molecule has 1 atom stereocenters. The number of ether oxygens (including phenoxy) is 1. The molecule has 1 fully saturated rings. The molecule has 76 valence electrons. The molecule has 1 aliphatic rings. The zero-order chi connectivity index (χ0) is 10.4. The van der Waals surface area contributed by atoms with Crippen molar-refractivity contribution in [3.05, 3.63) is 41.1 Å². The number of epoxide rings is 1. The van der Waals surface area contributed by atoms with Gasteiger partial charge >= 0.3 is 0 Å². The van der Waals surface area contributed by atoms with Crippen LogP contribution in [0.2, 0.25) is 0 Å². The Labute approximate surface area is 88.9 Å². The van der Waals surface area contributed by atoms with E-state index in [1.54, 1.807) is 0 Å². The van der Waals surface area contributed by atoms with E-state index in [-0.39, 0.29) is 0 Å². The molecule has 1 aromatic carbocycles. The average molecular weight is 199 g/mol. The summed E-state index contributed by atoms with van der Waals surface area (Å²) in [7, 11) is 0. The maximum Gasteiger partial charge on any atom is 0.106 e. The molecular formula is C13H13NO. The van der Waals surface area contributed by atoms with Gasteiger partial charge in [-0.2, -0.15) is 0 Å². The Morgan fingerprint density at radius 2 is 2.20 bits per heavy atom. The van der Waals surface area contributed by atoms with E-state index >= 15 is 0 Å². The molecule has 2 aromatic rings. The van der Waals surface area contributed by atoms with E-state index in [0.29, 0.717) is 6.10 Å². The summed E-state index contributed by atoms with van der Waals surface area (Å²) >= 11 is 0. The number of rotatable bonds is 1. The SMILES string of the molecule is Cc1cc2ncccc2c(C)c1C1CO1. The van der Waals surface area contributed by atoms with Gasteiger partial charge in [0.25, 0.3) is 0 Å². The standard InChI is InChI=1S/C13H13NO/c1-8-6-11-10(4-3-5-14-11)9(2)13(8)12-7-15-12/h3-6,12H,7H2,1-2H3. The molecule has 15 heavy (non-hydrogen) atoms. The van der Waals surface area contributed by atoms with Crippen LogP contribution in [-0.2, 0) is 4.74 Å². The van der Waals surface area contributed by atoms with Crippen LogP contribution >= 0.6 is 0 Å². The Hall–Kier alpha value is -1.41. The van der Waals surface area contributed by atoms with Crippen molar-refractivity contribution in [3.63, 3.8) is 0 Å². The number of hydrogen-bond donors (Lipinski definition) is 0. The molecule has 1 aromatic heterocycles. The van der Waals surface area contributed by atoms with Crippen LogP contribution in [0.15, 0.2) is 24.4 Å². The maximum absolute atomic E-state index is 5.38. The highest BCUT2D eigenvalue weighted by Gasteiger charge is 2.28. The smallest absolute Gasteiger partial charge is 0.106 e. The molecule has 1 unspecified atom stereocenters. The number of aryl methyl sites for hydroxylation is 2. The monoisotopic (exact) mass is 199 g/mol. The molecule has 2 nitrogen and oxygen atoms in total. The van der Waals surface area contributed by atoms with E-state index < -0.39 is 0 Å². The van der Waals surface area contributed by atoms with Crippen LogP contribution in [0.4, 0.5) is 0 Å². The molecule has 0 amide bonds. The molecule has 2 heteroatoms. The van der Waals surface area contributed by atoms with E-state index in [4.69, 9.17) is 4.74 Å². The zero-order valence-corrected chi connectivity index (χ0v) is 8.95. The molecule has 0 aliphatic carbocycles. The van der Waals surface area contributed by atoms with Crippen LogP contribution < -0.4 is 0 Å². The van der Waals surface area contributed by atoms with Crippen LogP contribution in [0, 0.1) is 13.8 Å². The summed E-state index contributed by atoms with van der Waals surface area (Å²) in [5, 5.41) is 1.24. The van der Waals surface area contributed by atoms with Crippen molar-refractivity contribution < 1.29 is 4.74 Å². The summed E-state index contributed by atoms with van der Waals surface area (Å²) in [6.07, 6.45) is 2.17. The van der Waals surface area contributed by atoms with Crippen molar-refractivity contribution in [2.75, 3.05) is 6.61 Å². The fourth-order valence-electron chi connectivity index (χ4n) is 2.28. The van der Waals surface area contributed by atoms with Crippen molar-refractivity contribution in [3.8, 4) is 0 Å². The first kappa shape index (κ1) is 8.86. The topological polar surface area (TPSA) is 25.4 Å². The largest absolute Gasteiger partial charge is 0.368 e. The lowest BCUT2D eigenvalue weighted by molar-refractivity contribution is 0.414. The van der Waals surface area contributed by atoms with Crippen LogP contribution in [0.3, 0.4) is 0 Å². The maximum atomic E-state index is 5.38. The molecule has 0 N–H and O–H groups in total. The quantitative estimate of drug-likeness (QED) is 0.660. The van der Waals surface area contributed by atoms with Gasteiger partial charge in [0, 0.05) is 11.6 Å². The Morgan fingerprint density at radius 3 is 2.93 bits per heavy atom. The Balaban J connectivity index is 2.36. The highest BCUT2D eigenvalue weighted by molar-refractivity contribution is 5.84. The van der Waals surface area contributed by atoms with Crippen molar-refractivity contribution in [2.24, 2.45) is 0 Å². The predicted octanol–water partition coefficient (Wildman–Crippen LogP) is 2.92. The minimum atomic E-state index is 0.328. The molecule has 1 saturated heterocycles. The molecular weight excluding hydrogens is 186 g/mol. The molecule has 3 rings (SSSR count). The van der Waals surface area contributed by atoms with Gasteiger partial charge in [-0.15, -0.1) is 0 Å². The minimum absolute atomic E-state index is 0.328. The second-order valence-electron chi connectivity index (χ2n) is 4.12. The lowest BCUT2D eigenvalue weighted by Gasteiger charge is -2.10. The normalized spacial score (nSPS) is 19.5. The van der Waals surface area contributed by atoms with E-state index in [1.807, 2.05) is 12.3 Å². The molecule has 0 saturated carbocycles. The molecule has 0 radical (unpaired) electrons. The summed E-state index contributed by atoms with van der Waals surface area (Å²) < 4.78 is 5.38. The first-order valence-corrected chi connectivity index (χ1v) is 5.24. The van der Waals surface area contributed by atoms with Crippen molar-refractivity contribution in [1.82, 2.24) is 4.98 Å². The summed E-state index contributed by atoms with van der Waals surface area (Å²) in [6, 6.07) is 6.27. The third kappa shape index (κ3) is 1.33. The number of fused-ring (bicyclic) bond motifs is 1. The second-order valence-corrected chi connectivity index (χ2v) is 4.12. The van der Waals surface area contributed by atoms with Crippen LogP contribution in [0.1, 0.15) is 22.8 Å². The van der Waals surface area contributed by atoms with Gasteiger partial charge in [-0.3, -0.25) is 4.98 Å². The van der Waals surface area contributed by atoms with Crippen molar-refractivity contribution in [2.45, 2.75) is 20.0 Å².